The van der Waals surface area contributed by atoms with Crippen LogP contribution in [0.4, 0.5) is 0 Å². The lowest BCUT2D eigenvalue weighted by Gasteiger charge is -2.48. The van der Waals surface area contributed by atoms with Crippen molar-refractivity contribution in [3.8, 4) is 0 Å². The van der Waals surface area contributed by atoms with Gasteiger partial charge in [0.15, 0.2) is 0 Å². The molecule has 0 saturated carbocycles. The molecule has 22 heavy (non-hydrogen) atoms. The molecule has 1 fully saturated rings. The van der Waals surface area contributed by atoms with Crippen LogP contribution in [0.1, 0.15) is 11.1 Å². The van der Waals surface area contributed by atoms with Gasteiger partial charge in [-0.25, -0.2) is 0 Å². The van der Waals surface area contributed by atoms with Gasteiger partial charge in [0, 0.05) is 11.9 Å². The Labute approximate surface area is 143 Å². The molecule has 12 radical (unpaired) electrons. The molecule has 3 nitrogen and oxygen atoms in total. The number of benzene rings is 1. The van der Waals surface area contributed by atoms with Crippen LogP contribution < -0.4 is 0 Å². The van der Waals surface area contributed by atoms with Gasteiger partial charge in [0.2, 0.25) is 5.91 Å². The fourth-order valence-corrected chi connectivity index (χ4v) is 2.27. The fourth-order valence-electron chi connectivity index (χ4n) is 2.14. The summed E-state index contributed by atoms with van der Waals surface area (Å²) in [6.45, 7) is -0.467. The molecule has 0 N–H and O–H groups in total. The Bertz CT molecular complexity index is 572. The van der Waals surface area contributed by atoms with Gasteiger partial charge < -0.3 is 9.64 Å². The minimum atomic E-state index is -1.62. The summed E-state index contributed by atoms with van der Waals surface area (Å²) < 4.78 is 3.49. The molecule has 98 valence electrons. The Morgan fingerprint density at radius 2 is 1.59 bits per heavy atom. The van der Waals surface area contributed by atoms with Gasteiger partial charge >= 0.3 is 0 Å². The molecular weight excluding hydrogens is 290 g/mol. The van der Waals surface area contributed by atoms with Gasteiger partial charge in [-0.05, 0) is 21.1 Å². The number of amides is 1. The predicted molar refractivity (Wildman–Crippen MR) is 90.6 cm³/mol. The quantitative estimate of drug-likeness (QED) is 0.511. The first kappa shape index (κ1) is 17.7. The molecule has 1 aromatic carbocycles. The summed E-state index contributed by atoms with van der Waals surface area (Å²) in [7, 11) is 34.7. The highest BCUT2D eigenvalue weighted by molar-refractivity contribution is 6.61. The molecule has 0 unspecified atom stereocenters. The van der Waals surface area contributed by atoms with Crippen LogP contribution in [-0.2, 0) is 19.5 Å². The normalized spacial score (nSPS) is 19.1. The number of morpholine rings is 1. The van der Waals surface area contributed by atoms with Crippen molar-refractivity contribution in [2.75, 3.05) is 13.2 Å². The zero-order valence-electron chi connectivity index (χ0n) is 11.8. The van der Waals surface area contributed by atoms with E-state index in [1.54, 1.807) is 24.3 Å². The molecule has 0 aromatic heterocycles. The maximum absolute atomic E-state index is 12.0. The van der Waals surface area contributed by atoms with Crippen LogP contribution in [0.3, 0.4) is 0 Å². The van der Waals surface area contributed by atoms with E-state index in [1.807, 2.05) is 0 Å². The Morgan fingerprint density at radius 1 is 1.09 bits per heavy atom. The molecule has 1 aliphatic rings. The lowest BCUT2D eigenvalue weighted by atomic mass is 9.54. The van der Waals surface area contributed by atoms with E-state index in [1.165, 1.54) is 0 Å². The van der Waals surface area contributed by atoms with E-state index in [0.29, 0.717) is 11.1 Å². The second-order valence-corrected chi connectivity index (χ2v) is 6.02. The van der Waals surface area contributed by atoms with Crippen molar-refractivity contribution in [1.29, 1.82) is 0 Å². The molecule has 1 heterocycles. The van der Waals surface area contributed by atoms with Crippen molar-refractivity contribution in [3.63, 3.8) is 0 Å². The monoisotopic (exact) mass is 299 g/mol. The standard InChI is InChI=1S/C12H8B6ClNO2/c13-10(14)6-20(9(21)5-22-10)12(17,18)8-3-1-7(2-4-8)11(15,16)19/h1-4H,5-6H2. The third kappa shape index (κ3) is 3.62. The van der Waals surface area contributed by atoms with Crippen molar-refractivity contribution in [3.05, 3.63) is 35.4 Å². The van der Waals surface area contributed by atoms with E-state index in [9.17, 15) is 4.79 Å². The molecule has 0 atom stereocenters. The van der Waals surface area contributed by atoms with Gasteiger partial charge in [-0.1, -0.05) is 24.3 Å². The number of rotatable bonds is 3. The molecule has 1 aliphatic heterocycles. The van der Waals surface area contributed by atoms with E-state index in [-0.39, 0.29) is 13.2 Å². The van der Waals surface area contributed by atoms with E-state index in [2.05, 4.69) is 0 Å². The van der Waals surface area contributed by atoms with Crippen LogP contribution in [0, 0.1) is 0 Å². The van der Waals surface area contributed by atoms with Gasteiger partial charge in [0.25, 0.3) is 0 Å². The number of halogens is 1. The largest absolute Gasteiger partial charge is 0.383 e. The maximum Gasteiger partial charge on any atom is 0.247 e. The van der Waals surface area contributed by atoms with Crippen LogP contribution in [0.15, 0.2) is 24.3 Å². The number of carbonyl (C=O) groups excluding carboxylic acids is 1. The first-order chi connectivity index (χ1) is 9.93. The summed E-state index contributed by atoms with van der Waals surface area (Å²) in [5, 5.41) is -3.14. The third-order valence-electron chi connectivity index (χ3n) is 3.41. The number of nitrogens with zero attached hydrogens (tertiary/aromatic N) is 1. The average Bonchev–Trinajstić information content (AvgIpc) is 2.40. The Morgan fingerprint density at radius 3 is 2.09 bits per heavy atom. The van der Waals surface area contributed by atoms with Gasteiger partial charge in [0.05, 0.1) is 31.4 Å². The number of alkyl halides is 1. The predicted octanol–water partition coefficient (Wildman–Crippen LogP) is -1.33. The summed E-state index contributed by atoms with van der Waals surface area (Å²) >= 11 is 5.81. The zero-order chi connectivity index (χ0) is 16.8. The van der Waals surface area contributed by atoms with Crippen molar-refractivity contribution in [2.24, 2.45) is 0 Å². The topological polar surface area (TPSA) is 29.5 Å². The molecule has 1 saturated heterocycles. The summed E-state index contributed by atoms with van der Waals surface area (Å²) in [4.78, 5) is 13.2. The Balaban J connectivity index is 2.31. The van der Waals surface area contributed by atoms with Gasteiger partial charge in [-0.15, -0.1) is 11.6 Å². The van der Waals surface area contributed by atoms with Crippen LogP contribution in [0.5, 0.6) is 0 Å². The highest BCUT2D eigenvalue weighted by Gasteiger charge is 2.39. The van der Waals surface area contributed by atoms with Gasteiger partial charge in [-0.2, -0.15) is 0 Å². The van der Waals surface area contributed by atoms with Crippen molar-refractivity contribution in [2.45, 2.75) is 15.4 Å². The lowest BCUT2D eigenvalue weighted by molar-refractivity contribution is -0.149. The maximum atomic E-state index is 12.0. The summed E-state index contributed by atoms with van der Waals surface area (Å²) in [5.74, 6) is -0.426. The molecule has 1 aromatic rings. The van der Waals surface area contributed by atoms with E-state index >= 15 is 0 Å². The van der Waals surface area contributed by atoms with Crippen LogP contribution >= 0.6 is 11.6 Å². The number of ether oxygens (including phenoxy) is 1. The minimum absolute atomic E-state index is 0.159. The van der Waals surface area contributed by atoms with E-state index in [4.69, 9.17) is 63.4 Å². The highest BCUT2D eigenvalue weighted by Crippen LogP contribution is 2.29. The summed E-state index contributed by atoms with van der Waals surface area (Å²) in [6, 6.07) is 6.28. The molecule has 1 amide bonds. The molecular formula is C12H8B6ClNO2. The van der Waals surface area contributed by atoms with Crippen LogP contribution in [0.2, 0.25) is 0 Å². The number of carbonyl (C=O) groups is 1. The SMILES string of the molecule is [B]C1([B])CN(C([B])([B])c2ccc(C([B])([B])Cl)cc2)C(=O)CO1. The number of hydrogen-bond donors (Lipinski definition) is 0. The average molecular weight is 299 g/mol. The summed E-state index contributed by atoms with van der Waals surface area (Å²) in [5.41, 5.74) is 0.900. The second kappa shape index (κ2) is 5.76. The van der Waals surface area contributed by atoms with E-state index in [0.717, 1.165) is 4.90 Å². The minimum Gasteiger partial charge on any atom is -0.383 e. The molecule has 0 spiro atoms. The smallest absolute Gasteiger partial charge is 0.247 e. The molecule has 0 aliphatic carbocycles. The van der Waals surface area contributed by atoms with Crippen molar-refractivity contribution < 1.29 is 9.53 Å². The molecule has 10 heteroatoms. The molecule has 0 bridgehead atoms. The Hall–Kier alpha value is -0.670. The van der Waals surface area contributed by atoms with Crippen molar-refractivity contribution in [1.82, 2.24) is 4.90 Å². The first-order valence-corrected chi connectivity index (χ1v) is 6.79. The van der Waals surface area contributed by atoms with Crippen molar-refractivity contribution >= 4 is 64.6 Å². The summed E-state index contributed by atoms with van der Waals surface area (Å²) in [6.07, 6.45) is 0. The lowest BCUT2D eigenvalue weighted by Crippen LogP contribution is -2.62. The highest BCUT2D eigenvalue weighted by atomic mass is 35.5. The second-order valence-electron chi connectivity index (χ2n) is 5.39. The third-order valence-corrected chi connectivity index (χ3v) is 3.63. The zero-order valence-corrected chi connectivity index (χ0v) is 12.6. The van der Waals surface area contributed by atoms with Gasteiger partial charge in [0.1, 0.15) is 22.3 Å². The van der Waals surface area contributed by atoms with Crippen LogP contribution in [-0.4, -0.2) is 76.4 Å². The first-order valence-electron chi connectivity index (χ1n) is 6.41. The molecule has 2 rings (SSSR count). The van der Waals surface area contributed by atoms with E-state index < -0.39 is 21.3 Å². The van der Waals surface area contributed by atoms with Crippen LogP contribution in [0.25, 0.3) is 0 Å². The fraction of sp³-hybridized carbons (Fsp3) is 0.417. The number of hydrogen-bond acceptors (Lipinski definition) is 2. The Kier molecular flexibility index (Phi) is 4.62. The van der Waals surface area contributed by atoms with Gasteiger partial charge in [-0.3, -0.25) is 4.79 Å².